The van der Waals surface area contributed by atoms with Crippen molar-refractivity contribution in [2.45, 2.75) is 18.4 Å². The van der Waals surface area contributed by atoms with Crippen LogP contribution in [0.4, 0.5) is 17.6 Å². The van der Waals surface area contributed by atoms with Crippen LogP contribution in [0, 0.1) is 23.0 Å². The monoisotopic (exact) mass is 533 g/mol. The molecule has 0 aliphatic rings. The lowest BCUT2D eigenvalue weighted by atomic mass is 9.84. The van der Waals surface area contributed by atoms with Gasteiger partial charge in [-0.3, -0.25) is 20.2 Å². The number of nitrogens with zero attached hydrogens (tertiary/aromatic N) is 3. The number of amides is 1. The van der Waals surface area contributed by atoms with Gasteiger partial charge in [-0.05, 0) is 60.7 Å². The fourth-order valence-corrected chi connectivity index (χ4v) is 3.45. The zero-order chi connectivity index (χ0) is 27.4. The van der Waals surface area contributed by atoms with Crippen LogP contribution >= 0.6 is 12.2 Å². The molecule has 3 rings (SSSR count). The summed E-state index contributed by atoms with van der Waals surface area (Å²) in [6.07, 6.45) is 0.946. The Kier molecular flexibility index (Phi) is 7.95. The average Bonchev–Trinajstić information content (AvgIpc) is 2.84. The van der Waals surface area contributed by atoms with Crippen molar-refractivity contribution in [3.8, 4) is 17.6 Å². The number of carbonyl (C=O) groups is 1. The Bertz CT molecular complexity index is 1350. The van der Waals surface area contributed by atoms with E-state index in [-0.39, 0.29) is 5.75 Å². The van der Waals surface area contributed by atoms with Crippen LogP contribution in [0.1, 0.15) is 23.7 Å². The number of hydrogen-bond acceptors (Lipinski definition) is 6. The van der Waals surface area contributed by atoms with Gasteiger partial charge in [-0.1, -0.05) is 0 Å². The van der Waals surface area contributed by atoms with Crippen molar-refractivity contribution < 1.29 is 32.2 Å². The minimum absolute atomic E-state index is 0.0452. The van der Waals surface area contributed by atoms with E-state index in [9.17, 15) is 18.7 Å². The number of nitrogens with two attached hydrogens (primary N) is 1. The van der Waals surface area contributed by atoms with E-state index >= 15 is 8.78 Å². The van der Waals surface area contributed by atoms with Gasteiger partial charge in [0.2, 0.25) is 5.91 Å². The molecule has 192 valence electrons. The number of hydrogen-bond donors (Lipinski definition) is 3. The summed E-state index contributed by atoms with van der Waals surface area (Å²) in [6, 6.07) is 11.5. The van der Waals surface area contributed by atoms with Crippen LogP contribution < -0.4 is 15.9 Å². The predicted molar refractivity (Wildman–Crippen MR) is 127 cm³/mol. The maximum Gasteiger partial charge on any atom is 0.323 e. The molecule has 0 aliphatic heterocycles. The second-order valence-electron chi connectivity index (χ2n) is 7.77. The Morgan fingerprint density at radius 1 is 1.19 bits per heavy atom. The summed E-state index contributed by atoms with van der Waals surface area (Å²) in [6.45, 7) is -0.183. The van der Waals surface area contributed by atoms with E-state index in [1.54, 1.807) is 0 Å². The topological polar surface area (TPSA) is 124 Å². The summed E-state index contributed by atoms with van der Waals surface area (Å²) in [7, 11) is 0. The standard InChI is InChI=1S/C24H19F4N5O3S/c1-14(34)32-33(22(30)37)13-23(35,19-8-4-16(25)10-20(19)26)24(27,28)21-9-7-18(12-31-21)36-17-5-2-15(11-29)3-6-17/h2-10,12,35H,13H2,1H3,(H2,30,37)(H,32,34). The first-order chi connectivity index (χ1) is 17.4. The van der Waals surface area contributed by atoms with E-state index < -0.39 is 52.0 Å². The molecule has 1 unspecified atom stereocenters. The van der Waals surface area contributed by atoms with Crippen LogP contribution in [0.3, 0.4) is 0 Å². The summed E-state index contributed by atoms with van der Waals surface area (Å²) in [5.74, 6) is -7.30. The minimum Gasteiger partial charge on any atom is -0.456 e. The number of alkyl halides is 2. The van der Waals surface area contributed by atoms with Crippen molar-refractivity contribution >= 4 is 23.2 Å². The molecule has 2 aromatic carbocycles. The first kappa shape index (κ1) is 27.3. The van der Waals surface area contributed by atoms with Gasteiger partial charge in [-0.15, -0.1) is 0 Å². The van der Waals surface area contributed by atoms with E-state index in [1.165, 1.54) is 24.3 Å². The molecule has 0 spiro atoms. The molecule has 1 heterocycles. The van der Waals surface area contributed by atoms with Gasteiger partial charge in [0.05, 0.1) is 24.4 Å². The molecule has 37 heavy (non-hydrogen) atoms. The third-order valence-corrected chi connectivity index (χ3v) is 5.34. The van der Waals surface area contributed by atoms with Gasteiger partial charge >= 0.3 is 5.92 Å². The molecule has 3 aromatic rings. The lowest BCUT2D eigenvalue weighted by molar-refractivity contribution is -0.206. The number of halogens is 4. The maximum absolute atomic E-state index is 15.9. The van der Waals surface area contributed by atoms with Crippen LogP contribution in [0.5, 0.6) is 11.5 Å². The second kappa shape index (κ2) is 10.8. The molecule has 1 aromatic heterocycles. The molecule has 4 N–H and O–H groups in total. The molecule has 0 bridgehead atoms. The van der Waals surface area contributed by atoms with E-state index in [2.05, 4.69) is 10.4 Å². The number of nitrogens with one attached hydrogen (secondary N) is 1. The van der Waals surface area contributed by atoms with E-state index in [0.29, 0.717) is 34.5 Å². The molecule has 0 radical (unpaired) electrons. The quantitative estimate of drug-likeness (QED) is 0.239. The van der Waals surface area contributed by atoms with Gasteiger partial charge in [0.25, 0.3) is 0 Å². The number of benzene rings is 2. The highest BCUT2D eigenvalue weighted by Crippen LogP contribution is 2.46. The van der Waals surface area contributed by atoms with Gasteiger partial charge in [0, 0.05) is 18.6 Å². The van der Waals surface area contributed by atoms with Crippen molar-refractivity contribution in [1.82, 2.24) is 15.4 Å². The number of thiocarbonyl (C=S) groups is 1. The lowest BCUT2D eigenvalue weighted by Crippen LogP contribution is -2.59. The summed E-state index contributed by atoms with van der Waals surface area (Å²) in [5, 5.41) is 20.1. The number of aliphatic hydroxyl groups is 1. The van der Waals surface area contributed by atoms with E-state index in [1.807, 2.05) is 6.07 Å². The van der Waals surface area contributed by atoms with Gasteiger partial charge in [0.1, 0.15) is 28.8 Å². The number of pyridine rings is 1. The third kappa shape index (κ3) is 5.93. The van der Waals surface area contributed by atoms with Crippen LogP contribution in [0.15, 0.2) is 60.8 Å². The van der Waals surface area contributed by atoms with Crippen molar-refractivity contribution in [2.75, 3.05) is 6.54 Å². The highest BCUT2D eigenvalue weighted by molar-refractivity contribution is 7.80. The Morgan fingerprint density at radius 3 is 2.35 bits per heavy atom. The van der Waals surface area contributed by atoms with Crippen LogP contribution in [0.25, 0.3) is 0 Å². The average molecular weight is 534 g/mol. The van der Waals surface area contributed by atoms with Crippen LogP contribution in [0.2, 0.25) is 0 Å². The first-order valence-electron chi connectivity index (χ1n) is 10.4. The number of hydrazine groups is 1. The summed E-state index contributed by atoms with van der Waals surface area (Å²) in [4.78, 5) is 15.2. The number of nitriles is 1. The Labute approximate surface area is 213 Å². The Balaban J connectivity index is 2.02. The van der Waals surface area contributed by atoms with E-state index in [0.717, 1.165) is 25.3 Å². The van der Waals surface area contributed by atoms with Crippen LogP contribution in [-0.2, 0) is 16.3 Å². The number of aromatic nitrogens is 1. The first-order valence-corrected chi connectivity index (χ1v) is 10.8. The fraction of sp³-hybridized carbons (Fsp3) is 0.167. The molecule has 0 saturated heterocycles. The minimum atomic E-state index is -4.33. The van der Waals surface area contributed by atoms with Gasteiger partial charge in [0.15, 0.2) is 10.7 Å². The predicted octanol–water partition coefficient (Wildman–Crippen LogP) is 3.60. The Morgan fingerprint density at radius 2 is 1.84 bits per heavy atom. The summed E-state index contributed by atoms with van der Waals surface area (Å²) < 4.78 is 65.6. The molecule has 1 atom stereocenters. The number of ether oxygens (including phenoxy) is 1. The zero-order valence-electron chi connectivity index (χ0n) is 19.1. The summed E-state index contributed by atoms with van der Waals surface area (Å²) in [5.41, 5.74) is 2.53. The third-order valence-electron chi connectivity index (χ3n) is 5.12. The van der Waals surface area contributed by atoms with E-state index in [4.69, 9.17) is 28.0 Å². The maximum atomic E-state index is 15.9. The number of rotatable bonds is 7. The SMILES string of the molecule is CC(=O)NN(CC(O)(c1ccc(F)cc1F)C(F)(F)c1ccc(Oc2ccc(C#N)cc2)cn1)C(N)=S. The van der Waals surface area contributed by atoms with Gasteiger partial charge in [-0.2, -0.15) is 14.0 Å². The van der Waals surface area contributed by atoms with Crippen molar-refractivity contribution in [3.63, 3.8) is 0 Å². The van der Waals surface area contributed by atoms with Crippen LogP contribution in [-0.4, -0.2) is 32.7 Å². The van der Waals surface area contributed by atoms with Crippen molar-refractivity contribution in [3.05, 3.63) is 89.2 Å². The summed E-state index contributed by atoms with van der Waals surface area (Å²) >= 11 is 4.77. The highest BCUT2D eigenvalue weighted by atomic mass is 32.1. The smallest absolute Gasteiger partial charge is 0.323 e. The molecule has 13 heteroatoms. The van der Waals surface area contributed by atoms with Gasteiger partial charge in [-0.25, -0.2) is 8.78 Å². The molecule has 0 saturated carbocycles. The molecule has 1 amide bonds. The lowest BCUT2D eigenvalue weighted by Gasteiger charge is -2.39. The van der Waals surface area contributed by atoms with Crippen molar-refractivity contribution in [1.29, 1.82) is 5.26 Å². The highest BCUT2D eigenvalue weighted by Gasteiger charge is 2.58. The zero-order valence-corrected chi connectivity index (χ0v) is 19.9. The molecule has 0 fully saturated rings. The normalized spacial score (nSPS) is 12.7. The second-order valence-corrected chi connectivity index (χ2v) is 8.19. The fourth-order valence-electron chi connectivity index (χ4n) is 3.34. The van der Waals surface area contributed by atoms with Gasteiger partial charge < -0.3 is 15.6 Å². The molecular weight excluding hydrogens is 514 g/mol. The molecule has 8 nitrogen and oxygen atoms in total. The Hall–Kier alpha value is -4.28. The largest absolute Gasteiger partial charge is 0.456 e. The molecular formula is C24H19F4N5O3S. The van der Waals surface area contributed by atoms with Crippen molar-refractivity contribution in [2.24, 2.45) is 5.73 Å². The molecule has 0 aliphatic carbocycles. The number of carbonyl (C=O) groups excluding carboxylic acids is 1.